The van der Waals surface area contributed by atoms with Crippen LogP contribution < -0.4 is 16.4 Å². The Morgan fingerprint density at radius 2 is 1.76 bits per heavy atom. The molecule has 0 atom stereocenters. The van der Waals surface area contributed by atoms with Crippen molar-refractivity contribution in [3.8, 4) is 0 Å². The predicted octanol–water partition coefficient (Wildman–Crippen LogP) is 1.75. The second-order valence-corrected chi connectivity index (χ2v) is 4.51. The predicted molar refractivity (Wildman–Crippen MR) is 70.1 cm³/mol. The van der Waals surface area contributed by atoms with Crippen molar-refractivity contribution in [1.29, 1.82) is 0 Å². The maximum atomic E-state index is 11.4. The second-order valence-electron chi connectivity index (χ2n) is 4.51. The summed E-state index contributed by atoms with van der Waals surface area (Å²) in [5.74, 6) is -0.406. The third kappa shape index (κ3) is 2.52. The van der Waals surface area contributed by atoms with Crippen molar-refractivity contribution in [2.45, 2.75) is 25.7 Å². The maximum Gasteiger partial charge on any atom is 0.250 e. The Hall–Kier alpha value is -1.71. The van der Waals surface area contributed by atoms with Crippen LogP contribution in [0.3, 0.4) is 0 Å². The largest absolute Gasteiger partial charge is 0.397 e. The standard InChI is InChI=1S/C13H19N3O/c14-11-7-5-6-10(13(15)17)12(11)16-8-3-1-2-4-9-16/h5-7H,1-4,8-9,14H2,(H2,15,17). The maximum absolute atomic E-state index is 11.4. The van der Waals surface area contributed by atoms with Gasteiger partial charge in [-0.15, -0.1) is 0 Å². The summed E-state index contributed by atoms with van der Waals surface area (Å²) >= 11 is 0. The molecule has 0 bridgehead atoms. The Kier molecular flexibility index (Phi) is 3.52. The number of amides is 1. The molecule has 0 spiro atoms. The Morgan fingerprint density at radius 3 is 2.35 bits per heavy atom. The van der Waals surface area contributed by atoms with E-state index in [1.807, 2.05) is 6.07 Å². The van der Waals surface area contributed by atoms with E-state index in [4.69, 9.17) is 11.5 Å². The van der Waals surface area contributed by atoms with Crippen molar-refractivity contribution < 1.29 is 4.79 Å². The Balaban J connectivity index is 2.37. The highest BCUT2D eigenvalue weighted by Crippen LogP contribution is 2.29. The van der Waals surface area contributed by atoms with E-state index in [2.05, 4.69) is 4.90 Å². The molecule has 0 aliphatic carbocycles. The smallest absolute Gasteiger partial charge is 0.250 e. The van der Waals surface area contributed by atoms with Crippen LogP contribution in [0, 0.1) is 0 Å². The minimum atomic E-state index is -0.406. The quantitative estimate of drug-likeness (QED) is 0.764. The van der Waals surface area contributed by atoms with Crippen molar-refractivity contribution in [3.05, 3.63) is 23.8 Å². The topological polar surface area (TPSA) is 72.3 Å². The van der Waals surface area contributed by atoms with Gasteiger partial charge in [-0.25, -0.2) is 0 Å². The van der Waals surface area contributed by atoms with E-state index < -0.39 is 5.91 Å². The Labute approximate surface area is 102 Å². The van der Waals surface area contributed by atoms with Gasteiger partial charge in [-0.3, -0.25) is 4.79 Å². The lowest BCUT2D eigenvalue weighted by Crippen LogP contribution is -2.28. The normalized spacial score (nSPS) is 16.6. The fourth-order valence-electron chi connectivity index (χ4n) is 2.41. The molecule has 92 valence electrons. The van der Waals surface area contributed by atoms with E-state index in [-0.39, 0.29) is 0 Å². The SMILES string of the molecule is NC(=O)c1cccc(N)c1N1CCCCCC1. The van der Waals surface area contributed by atoms with E-state index in [9.17, 15) is 4.79 Å². The molecule has 2 rings (SSSR count). The highest BCUT2D eigenvalue weighted by Gasteiger charge is 2.18. The van der Waals surface area contributed by atoms with Gasteiger partial charge in [0.15, 0.2) is 0 Å². The van der Waals surface area contributed by atoms with Crippen LogP contribution in [0.4, 0.5) is 11.4 Å². The minimum Gasteiger partial charge on any atom is -0.397 e. The molecule has 1 aliphatic heterocycles. The van der Waals surface area contributed by atoms with Crippen LogP contribution in [0.2, 0.25) is 0 Å². The lowest BCUT2D eigenvalue weighted by atomic mass is 10.1. The number of carbonyl (C=O) groups excluding carboxylic acids is 1. The Morgan fingerprint density at radius 1 is 1.12 bits per heavy atom. The van der Waals surface area contributed by atoms with Crippen molar-refractivity contribution in [2.75, 3.05) is 23.7 Å². The average Bonchev–Trinajstić information content (AvgIpc) is 2.57. The zero-order valence-electron chi connectivity index (χ0n) is 9.98. The van der Waals surface area contributed by atoms with Gasteiger partial charge in [-0.2, -0.15) is 0 Å². The minimum absolute atomic E-state index is 0.406. The molecule has 1 saturated heterocycles. The molecule has 0 saturated carbocycles. The van der Waals surface area contributed by atoms with Crippen LogP contribution in [0.15, 0.2) is 18.2 Å². The van der Waals surface area contributed by atoms with Gasteiger partial charge in [0, 0.05) is 13.1 Å². The van der Waals surface area contributed by atoms with Gasteiger partial charge in [-0.05, 0) is 25.0 Å². The summed E-state index contributed by atoms with van der Waals surface area (Å²) in [6, 6.07) is 5.35. The van der Waals surface area contributed by atoms with E-state index in [0.717, 1.165) is 31.6 Å². The number of rotatable bonds is 2. The average molecular weight is 233 g/mol. The zero-order chi connectivity index (χ0) is 12.3. The zero-order valence-corrected chi connectivity index (χ0v) is 9.98. The van der Waals surface area contributed by atoms with Crippen molar-refractivity contribution >= 4 is 17.3 Å². The molecule has 0 unspecified atom stereocenters. The second kappa shape index (κ2) is 5.08. The number of hydrogen-bond donors (Lipinski definition) is 2. The first-order chi connectivity index (χ1) is 8.20. The summed E-state index contributed by atoms with van der Waals surface area (Å²) in [4.78, 5) is 13.6. The van der Waals surface area contributed by atoms with Crippen molar-refractivity contribution in [1.82, 2.24) is 0 Å². The summed E-state index contributed by atoms with van der Waals surface area (Å²) in [6.45, 7) is 1.91. The lowest BCUT2D eigenvalue weighted by Gasteiger charge is -2.26. The van der Waals surface area contributed by atoms with Crippen LogP contribution in [0.1, 0.15) is 36.0 Å². The van der Waals surface area contributed by atoms with Crippen molar-refractivity contribution in [3.63, 3.8) is 0 Å². The summed E-state index contributed by atoms with van der Waals surface area (Å²) in [5.41, 5.74) is 13.4. The highest BCUT2D eigenvalue weighted by molar-refractivity contribution is 6.01. The van der Waals surface area contributed by atoms with Gasteiger partial charge < -0.3 is 16.4 Å². The van der Waals surface area contributed by atoms with E-state index in [1.54, 1.807) is 12.1 Å². The van der Waals surface area contributed by atoms with Gasteiger partial charge in [-0.1, -0.05) is 18.9 Å². The first-order valence-corrected chi connectivity index (χ1v) is 6.13. The third-order valence-electron chi connectivity index (χ3n) is 3.25. The summed E-state index contributed by atoms with van der Waals surface area (Å²) < 4.78 is 0. The molecule has 1 amide bonds. The molecule has 4 nitrogen and oxygen atoms in total. The van der Waals surface area contributed by atoms with Gasteiger partial charge in [0.2, 0.25) is 0 Å². The molecule has 1 fully saturated rings. The molecule has 4 N–H and O–H groups in total. The van der Waals surface area contributed by atoms with Crippen LogP contribution in [0.5, 0.6) is 0 Å². The van der Waals surface area contributed by atoms with Gasteiger partial charge in [0.25, 0.3) is 5.91 Å². The lowest BCUT2D eigenvalue weighted by molar-refractivity contribution is 0.100. The number of nitrogen functional groups attached to an aromatic ring is 1. The van der Waals surface area contributed by atoms with Crippen molar-refractivity contribution in [2.24, 2.45) is 5.73 Å². The van der Waals surface area contributed by atoms with Crippen LogP contribution in [-0.4, -0.2) is 19.0 Å². The number of anilines is 2. The van der Waals surface area contributed by atoms with Crippen LogP contribution >= 0.6 is 0 Å². The number of nitrogens with zero attached hydrogens (tertiary/aromatic N) is 1. The van der Waals surface area contributed by atoms with Gasteiger partial charge in [0.05, 0.1) is 16.9 Å². The molecule has 0 radical (unpaired) electrons. The molecule has 1 aromatic carbocycles. The molecule has 1 aromatic rings. The fraction of sp³-hybridized carbons (Fsp3) is 0.462. The van der Waals surface area contributed by atoms with E-state index >= 15 is 0 Å². The number of benzene rings is 1. The molecular weight excluding hydrogens is 214 g/mol. The molecule has 1 aliphatic rings. The van der Waals surface area contributed by atoms with Gasteiger partial charge >= 0.3 is 0 Å². The highest BCUT2D eigenvalue weighted by atomic mass is 16.1. The first-order valence-electron chi connectivity index (χ1n) is 6.13. The molecule has 17 heavy (non-hydrogen) atoms. The molecule has 1 heterocycles. The summed E-state index contributed by atoms with van der Waals surface area (Å²) in [5, 5.41) is 0. The number of primary amides is 1. The number of para-hydroxylation sites is 1. The monoisotopic (exact) mass is 233 g/mol. The summed E-state index contributed by atoms with van der Waals surface area (Å²) in [7, 11) is 0. The molecular formula is C13H19N3O. The van der Waals surface area contributed by atoms with Crippen LogP contribution in [-0.2, 0) is 0 Å². The number of hydrogen-bond acceptors (Lipinski definition) is 3. The summed E-state index contributed by atoms with van der Waals surface area (Å²) in [6.07, 6.45) is 4.78. The first kappa shape index (κ1) is 11.8. The molecule has 4 heteroatoms. The Bertz CT molecular complexity index is 409. The number of nitrogens with two attached hydrogens (primary N) is 2. The van der Waals surface area contributed by atoms with E-state index in [0.29, 0.717) is 11.3 Å². The number of carbonyl (C=O) groups is 1. The van der Waals surface area contributed by atoms with Gasteiger partial charge in [0.1, 0.15) is 0 Å². The van der Waals surface area contributed by atoms with E-state index in [1.165, 1.54) is 12.8 Å². The third-order valence-corrected chi connectivity index (χ3v) is 3.25. The van der Waals surface area contributed by atoms with Crippen LogP contribution in [0.25, 0.3) is 0 Å². The fourth-order valence-corrected chi connectivity index (χ4v) is 2.41. The molecule has 0 aromatic heterocycles.